The lowest BCUT2D eigenvalue weighted by molar-refractivity contribution is -0.120. The summed E-state index contributed by atoms with van der Waals surface area (Å²) in [4.78, 5) is 17.5. The maximum Gasteiger partial charge on any atom is 0.224 e. The van der Waals surface area contributed by atoms with Crippen LogP contribution in [0.4, 0.5) is 0 Å². The normalized spacial score (nSPS) is 11.5. The Balaban J connectivity index is 1.16. The summed E-state index contributed by atoms with van der Waals surface area (Å²) in [6.45, 7) is 8.37. The van der Waals surface area contributed by atoms with Gasteiger partial charge in [-0.2, -0.15) is 0 Å². The van der Waals surface area contributed by atoms with Crippen LogP contribution >= 0.6 is 0 Å². The minimum Gasteiger partial charge on any atom is -0.492 e. The largest absolute Gasteiger partial charge is 0.492 e. The number of ether oxygens (including phenoxy) is 1. The molecule has 0 aliphatic rings. The van der Waals surface area contributed by atoms with Crippen molar-refractivity contribution in [3.8, 4) is 16.9 Å². The number of hydrogen-bond acceptors (Lipinski definition) is 3. The lowest BCUT2D eigenvalue weighted by Gasteiger charge is -2.19. The molecule has 0 radical (unpaired) electrons. The summed E-state index contributed by atoms with van der Waals surface area (Å²) in [5.41, 5.74) is 6.75. The molecule has 1 amide bonds. The van der Waals surface area contributed by atoms with Gasteiger partial charge in [-0.1, -0.05) is 99.6 Å². The minimum atomic E-state index is 0.0113. The number of benzene rings is 4. The van der Waals surface area contributed by atoms with Gasteiger partial charge in [0.15, 0.2) is 0 Å². The van der Waals surface area contributed by atoms with E-state index in [4.69, 9.17) is 9.72 Å². The third-order valence-electron chi connectivity index (χ3n) is 7.13. The van der Waals surface area contributed by atoms with Crippen molar-refractivity contribution >= 4 is 16.9 Å². The standard InChI is InChI=1S/C35H37N3O2/c1-35(2,3)29-17-19-30(20-18-29)40-24-23-38-32-12-8-7-11-31(32)37-33(38)21-22-36-34(39)25-26-13-15-28(16-14-26)27-9-5-4-6-10-27/h4-20H,21-25H2,1-3H3,(H,36,39). The van der Waals surface area contributed by atoms with Crippen LogP contribution in [-0.4, -0.2) is 28.6 Å². The van der Waals surface area contributed by atoms with Crippen molar-refractivity contribution in [2.45, 2.75) is 45.6 Å². The van der Waals surface area contributed by atoms with Crippen molar-refractivity contribution in [1.29, 1.82) is 0 Å². The first-order valence-electron chi connectivity index (χ1n) is 14.0. The molecule has 0 atom stereocenters. The van der Waals surface area contributed by atoms with Crippen LogP contribution in [0.25, 0.3) is 22.2 Å². The minimum absolute atomic E-state index is 0.0113. The summed E-state index contributed by atoms with van der Waals surface area (Å²) in [5.74, 6) is 1.82. The Bertz CT molecular complexity index is 1550. The molecule has 0 aliphatic carbocycles. The first kappa shape index (κ1) is 27.2. The third kappa shape index (κ3) is 6.78. The first-order chi connectivity index (χ1) is 19.4. The van der Waals surface area contributed by atoms with Crippen LogP contribution in [0.15, 0.2) is 103 Å². The molecule has 5 heteroatoms. The Morgan fingerprint density at radius 3 is 2.23 bits per heavy atom. The van der Waals surface area contributed by atoms with Crippen molar-refractivity contribution in [1.82, 2.24) is 14.9 Å². The Kier molecular flexibility index (Phi) is 8.30. The highest BCUT2D eigenvalue weighted by Crippen LogP contribution is 2.24. The Morgan fingerprint density at radius 1 is 0.825 bits per heavy atom. The van der Waals surface area contributed by atoms with Crippen molar-refractivity contribution in [3.05, 3.63) is 120 Å². The van der Waals surface area contributed by atoms with E-state index < -0.39 is 0 Å². The van der Waals surface area contributed by atoms with Crippen LogP contribution in [0, 0.1) is 0 Å². The molecule has 0 saturated heterocycles. The zero-order valence-corrected chi connectivity index (χ0v) is 23.6. The van der Waals surface area contributed by atoms with Crippen LogP contribution in [0.3, 0.4) is 0 Å². The van der Waals surface area contributed by atoms with E-state index >= 15 is 0 Å². The number of nitrogens with zero attached hydrogens (tertiary/aromatic N) is 2. The van der Waals surface area contributed by atoms with E-state index in [1.807, 2.05) is 60.7 Å². The second-order valence-electron chi connectivity index (χ2n) is 11.1. The number of fused-ring (bicyclic) bond motifs is 1. The smallest absolute Gasteiger partial charge is 0.224 e. The van der Waals surface area contributed by atoms with Crippen molar-refractivity contribution < 1.29 is 9.53 Å². The van der Waals surface area contributed by atoms with E-state index in [1.54, 1.807) is 0 Å². The van der Waals surface area contributed by atoms with Crippen LogP contribution in [0.1, 0.15) is 37.7 Å². The molecular formula is C35H37N3O2. The van der Waals surface area contributed by atoms with Gasteiger partial charge in [-0.3, -0.25) is 4.79 Å². The van der Waals surface area contributed by atoms with Gasteiger partial charge >= 0.3 is 0 Å². The van der Waals surface area contributed by atoms with Gasteiger partial charge in [0.1, 0.15) is 18.2 Å². The highest BCUT2D eigenvalue weighted by molar-refractivity contribution is 5.79. The maximum atomic E-state index is 12.7. The molecule has 5 nitrogen and oxygen atoms in total. The fraction of sp³-hybridized carbons (Fsp3) is 0.257. The Hall–Kier alpha value is -4.38. The van der Waals surface area contributed by atoms with Crippen molar-refractivity contribution in [3.63, 3.8) is 0 Å². The number of carbonyl (C=O) groups excluding carboxylic acids is 1. The number of rotatable bonds is 10. The van der Waals surface area contributed by atoms with Gasteiger partial charge in [0.2, 0.25) is 5.91 Å². The fourth-order valence-corrected chi connectivity index (χ4v) is 4.88. The summed E-state index contributed by atoms with van der Waals surface area (Å²) in [7, 11) is 0. The molecule has 1 heterocycles. The Morgan fingerprint density at radius 2 is 1.50 bits per heavy atom. The van der Waals surface area contributed by atoms with Gasteiger partial charge in [-0.25, -0.2) is 4.98 Å². The van der Waals surface area contributed by atoms with Crippen LogP contribution < -0.4 is 10.1 Å². The molecule has 1 aromatic heterocycles. The summed E-state index contributed by atoms with van der Waals surface area (Å²) in [6, 6.07) is 34.9. The van der Waals surface area contributed by atoms with E-state index in [-0.39, 0.29) is 11.3 Å². The fourth-order valence-electron chi connectivity index (χ4n) is 4.88. The first-order valence-corrected chi connectivity index (χ1v) is 14.0. The monoisotopic (exact) mass is 531 g/mol. The zero-order valence-electron chi connectivity index (χ0n) is 23.6. The molecule has 0 unspecified atom stereocenters. The van der Waals surface area contributed by atoms with Gasteiger partial charge in [0, 0.05) is 13.0 Å². The zero-order chi connectivity index (χ0) is 28.0. The molecule has 0 fully saturated rings. The number of amides is 1. The molecule has 5 aromatic rings. The Labute approximate surface area is 236 Å². The highest BCUT2D eigenvalue weighted by Gasteiger charge is 2.14. The molecule has 5 rings (SSSR count). The number of hydrogen-bond donors (Lipinski definition) is 1. The van der Waals surface area contributed by atoms with E-state index in [0.717, 1.165) is 33.7 Å². The van der Waals surface area contributed by atoms with Gasteiger partial charge in [0.05, 0.1) is 24.0 Å². The summed E-state index contributed by atoms with van der Waals surface area (Å²) in [6.07, 6.45) is 1.00. The molecule has 40 heavy (non-hydrogen) atoms. The predicted molar refractivity (Wildman–Crippen MR) is 163 cm³/mol. The maximum absolute atomic E-state index is 12.7. The number of para-hydroxylation sites is 2. The average Bonchev–Trinajstić information content (AvgIpc) is 3.31. The van der Waals surface area contributed by atoms with Gasteiger partial charge in [-0.05, 0) is 51.9 Å². The van der Waals surface area contributed by atoms with Gasteiger partial charge in [-0.15, -0.1) is 0 Å². The van der Waals surface area contributed by atoms with E-state index in [0.29, 0.717) is 32.5 Å². The summed E-state index contributed by atoms with van der Waals surface area (Å²) in [5, 5.41) is 3.07. The van der Waals surface area contributed by atoms with Gasteiger partial charge in [0.25, 0.3) is 0 Å². The number of imidazole rings is 1. The lowest BCUT2D eigenvalue weighted by Crippen LogP contribution is -2.28. The second kappa shape index (κ2) is 12.2. The molecule has 4 aromatic carbocycles. The molecular weight excluding hydrogens is 494 g/mol. The molecule has 0 saturated carbocycles. The predicted octanol–water partition coefficient (Wildman–Crippen LogP) is 6.98. The van der Waals surface area contributed by atoms with Crippen molar-refractivity contribution in [2.75, 3.05) is 13.2 Å². The lowest BCUT2D eigenvalue weighted by atomic mass is 9.87. The quantitative estimate of drug-likeness (QED) is 0.211. The SMILES string of the molecule is CC(C)(C)c1ccc(OCCn2c(CCNC(=O)Cc3ccc(-c4ccccc4)cc3)nc3ccccc32)cc1. The van der Waals surface area contributed by atoms with E-state index in [1.165, 1.54) is 11.1 Å². The highest BCUT2D eigenvalue weighted by atomic mass is 16.5. The summed E-state index contributed by atoms with van der Waals surface area (Å²) < 4.78 is 8.28. The topological polar surface area (TPSA) is 56.1 Å². The molecule has 0 bridgehead atoms. The summed E-state index contributed by atoms with van der Waals surface area (Å²) >= 11 is 0. The number of carbonyl (C=O) groups is 1. The van der Waals surface area contributed by atoms with Gasteiger partial charge < -0.3 is 14.6 Å². The molecule has 0 aliphatic heterocycles. The van der Waals surface area contributed by atoms with E-state index in [9.17, 15) is 4.79 Å². The molecule has 0 spiro atoms. The number of aromatic nitrogens is 2. The molecule has 1 N–H and O–H groups in total. The van der Waals surface area contributed by atoms with Crippen LogP contribution in [-0.2, 0) is 29.6 Å². The van der Waals surface area contributed by atoms with E-state index in [2.05, 4.69) is 73.1 Å². The van der Waals surface area contributed by atoms with Crippen molar-refractivity contribution in [2.24, 2.45) is 0 Å². The third-order valence-corrected chi connectivity index (χ3v) is 7.13. The average molecular weight is 532 g/mol. The second-order valence-corrected chi connectivity index (χ2v) is 11.1. The van der Waals surface area contributed by atoms with Crippen LogP contribution in [0.2, 0.25) is 0 Å². The van der Waals surface area contributed by atoms with Crippen LogP contribution in [0.5, 0.6) is 5.75 Å². The number of nitrogens with one attached hydrogen (secondary N) is 1. The molecule has 204 valence electrons.